The second kappa shape index (κ2) is 9.12. The Morgan fingerprint density at radius 2 is 1.66 bits per heavy atom. The number of rotatable bonds is 6. The van der Waals surface area contributed by atoms with Crippen LogP contribution >= 0.6 is 0 Å². The molecule has 0 aromatic heterocycles. The van der Waals surface area contributed by atoms with E-state index in [4.69, 9.17) is 4.74 Å². The van der Waals surface area contributed by atoms with Crippen LogP contribution in [0.1, 0.15) is 17.3 Å². The number of fused-ring (bicyclic) bond motifs is 1. The second-order valence-electron chi connectivity index (χ2n) is 7.37. The Morgan fingerprint density at radius 1 is 1.03 bits per heavy atom. The van der Waals surface area contributed by atoms with E-state index >= 15 is 0 Å². The van der Waals surface area contributed by atoms with E-state index in [0.29, 0.717) is 0 Å². The molecule has 14 heteroatoms. The van der Waals surface area contributed by atoms with Gasteiger partial charge in [-0.15, -0.1) is 0 Å². The molecule has 2 aliphatic heterocycles. The van der Waals surface area contributed by atoms with Crippen LogP contribution in [0.3, 0.4) is 0 Å². The van der Waals surface area contributed by atoms with Crippen molar-refractivity contribution < 1.29 is 41.5 Å². The third-order valence-electron chi connectivity index (χ3n) is 5.16. The number of halogens is 4. The molecule has 4 rings (SSSR count). The van der Waals surface area contributed by atoms with Crippen molar-refractivity contribution in [1.29, 1.82) is 0 Å². The largest absolute Gasteiger partial charge is 0.462 e. The van der Waals surface area contributed by atoms with Crippen LogP contribution in [0.4, 0.5) is 28.9 Å². The van der Waals surface area contributed by atoms with Crippen LogP contribution in [0.15, 0.2) is 40.7 Å². The maximum Gasteiger partial charge on any atom is 0.338 e. The molecule has 182 valence electrons. The smallest absolute Gasteiger partial charge is 0.338 e. The molecule has 1 N–H and O–H groups in total. The van der Waals surface area contributed by atoms with Gasteiger partial charge in [-0.3, -0.25) is 19.4 Å². The summed E-state index contributed by atoms with van der Waals surface area (Å²) in [5.41, 5.74) is -0.969. The summed E-state index contributed by atoms with van der Waals surface area (Å²) in [7, 11) is 0. The minimum absolute atomic E-state index is 0.0383. The standard InChI is InChI=1S/C21H15F4N5O5/c1-2-35-21(34)9-3-5-10(6-4-9)26-13(31)8-29-18-16(27-28-29)19(32)30(20(18)33)17-14(24)11(22)7-12(23)15(17)25/h3-7,16,18H,2,8H2,1H3,(H,26,31)/t16-,18+/m0/s1. The van der Waals surface area contributed by atoms with Gasteiger partial charge in [-0.05, 0) is 31.2 Å². The number of carbonyl (C=O) groups is 4. The summed E-state index contributed by atoms with van der Waals surface area (Å²) in [5, 5.41) is 10.5. The van der Waals surface area contributed by atoms with E-state index < -0.39 is 71.3 Å². The highest BCUT2D eigenvalue weighted by Crippen LogP contribution is 2.36. The molecule has 35 heavy (non-hydrogen) atoms. The lowest BCUT2D eigenvalue weighted by Gasteiger charge is -2.21. The van der Waals surface area contributed by atoms with Crippen molar-refractivity contribution in [3.05, 3.63) is 59.2 Å². The Kier molecular flexibility index (Phi) is 6.20. The zero-order chi connectivity index (χ0) is 25.4. The lowest BCUT2D eigenvalue weighted by atomic mass is 10.1. The van der Waals surface area contributed by atoms with Gasteiger partial charge in [0.05, 0.1) is 12.2 Å². The van der Waals surface area contributed by atoms with Crippen molar-refractivity contribution in [3.8, 4) is 0 Å². The number of nitrogens with one attached hydrogen (secondary N) is 1. The van der Waals surface area contributed by atoms with E-state index in [-0.39, 0.29) is 28.8 Å². The fourth-order valence-corrected chi connectivity index (χ4v) is 3.58. The number of esters is 1. The van der Waals surface area contributed by atoms with Crippen molar-refractivity contribution in [3.63, 3.8) is 0 Å². The first-order valence-electron chi connectivity index (χ1n) is 10.1. The van der Waals surface area contributed by atoms with Gasteiger partial charge in [-0.1, -0.05) is 5.22 Å². The Labute approximate surface area is 194 Å². The fourth-order valence-electron chi connectivity index (χ4n) is 3.58. The number of hydrogen-bond donors (Lipinski definition) is 1. The number of hydrogen-bond acceptors (Lipinski definition) is 8. The zero-order valence-corrected chi connectivity index (χ0v) is 17.8. The second-order valence-corrected chi connectivity index (χ2v) is 7.37. The molecule has 1 saturated heterocycles. The average Bonchev–Trinajstić information content (AvgIpc) is 3.33. The van der Waals surface area contributed by atoms with Gasteiger partial charge in [0.25, 0.3) is 11.8 Å². The minimum Gasteiger partial charge on any atom is -0.462 e. The van der Waals surface area contributed by atoms with Crippen LogP contribution in [-0.2, 0) is 19.1 Å². The normalized spacial score (nSPS) is 18.8. The van der Waals surface area contributed by atoms with E-state index in [1.54, 1.807) is 6.92 Å². The van der Waals surface area contributed by atoms with Crippen LogP contribution in [0.2, 0.25) is 0 Å². The molecular formula is C21H15F4N5O5. The van der Waals surface area contributed by atoms with Crippen molar-refractivity contribution >= 4 is 35.1 Å². The quantitative estimate of drug-likeness (QED) is 0.286. The van der Waals surface area contributed by atoms with Gasteiger partial charge < -0.3 is 10.1 Å². The molecule has 0 saturated carbocycles. The van der Waals surface area contributed by atoms with Gasteiger partial charge >= 0.3 is 5.97 Å². The Bertz CT molecular complexity index is 1240. The molecule has 0 unspecified atom stereocenters. The van der Waals surface area contributed by atoms with Gasteiger partial charge in [0.1, 0.15) is 12.2 Å². The molecule has 0 aliphatic carbocycles. The highest BCUT2D eigenvalue weighted by Gasteiger charge is 2.56. The molecule has 2 aromatic carbocycles. The maximum atomic E-state index is 14.2. The average molecular weight is 493 g/mol. The Balaban J connectivity index is 1.48. The molecule has 10 nitrogen and oxygen atoms in total. The summed E-state index contributed by atoms with van der Waals surface area (Å²) >= 11 is 0. The van der Waals surface area contributed by atoms with E-state index in [2.05, 4.69) is 15.7 Å². The lowest BCUT2D eigenvalue weighted by Crippen LogP contribution is -2.43. The van der Waals surface area contributed by atoms with Crippen molar-refractivity contribution in [2.75, 3.05) is 23.4 Å². The van der Waals surface area contributed by atoms with Gasteiger partial charge in [0.2, 0.25) is 5.91 Å². The molecule has 2 atom stereocenters. The molecule has 0 bridgehead atoms. The fraction of sp³-hybridized carbons (Fsp3) is 0.238. The predicted molar refractivity (Wildman–Crippen MR) is 109 cm³/mol. The van der Waals surface area contributed by atoms with Crippen molar-refractivity contribution in [1.82, 2.24) is 5.01 Å². The summed E-state index contributed by atoms with van der Waals surface area (Å²) in [5.74, 6) is -11.2. The summed E-state index contributed by atoms with van der Waals surface area (Å²) in [6.07, 6.45) is 0. The van der Waals surface area contributed by atoms with Crippen LogP contribution in [-0.4, -0.2) is 53.9 Å². The molecular weight excluding hydrogens is 478 g/mol. The van der Waals surface area contributed by atoms with Crippen LogP contribution in [0.25, 0.3) is 0 Å². The monoisotopic (exact) mass is 493 g/mol. The summed E-state index contributed by atoms with van der Waals surface area (Å²) in [4.78, 5) is 49.5. The molecule has 3 amide bonds. The minimum atomic E-state index is -1.93. The molecule has 1 fully saturated rings. The number of imide groups is 1. The number of carbonyl (C=O) groups excluding carboxylic acids is 4. The molecule has 0 radical (unpaired) electrons. The first-order chi connectivity index (χ1) is 16.6. The van der Waals surface area contributed by atoms with E-state index in [1.807, 2.05) is 0 Å². The Hall–Kier alpha value is -4.36. The number of amides is 3. The zero-order valence-electron chi connectivity index (χ0n) is 17.8. The lowest BCUT2D eigenvalue weighted by molar-refractivity contribution is -0.123. The van der Waals surface area contributed by atoms with Gasteiger partial charge in [0, 0.05) is 11.8 Å². The van der Waals surface area contributed by atoms with E-state index in [9.17, 15) is 36.7 Å². The Morgan fingerprint density at radius 3 is 2.26 bits per heavy atom. The summed E-state index contributed by atoms with van der Waals surface area (Å²) < 4.78 is 60.5. The summed E-state index contributed by atoms with van der Waals surface area (Å²) in [6, 6.07) is 2.50. The first-order valence-corrected chi connectivity index (χ1v) is 10.1. The van der Waals surface area contributed by atoms with Crippen LogP contribution in [0.5, 0.6) is 0 Å². The molecule has 2 heterocycles. The maximum absolute atomic E-state index is 14.2. The number of ether oxygens (including phenoxy) is 1. The molecule has 0 spiro atoms. The van der Waals surface area contributed by atoms with E-state index in [0.717, 1.165) is 5.01 Å². The summed E-state index contributed by atoms with van der Waals surface area (Å²) in [6.45, 7) is 1.24. The van der Waals surface area contributed by atoms with Gasteiger partial charge in [0.15, 0.2) is 35.4 Å². The van der Waals surface area contributed by atoms with Crippen LogP contribution < -0.4 is 10.2 Å². The predicted octanol–water partition coefficient (Wildman–Crippen LogP) is 2.35. The van der Waals surface area contributed by atoms with Crippen molar-refractivity contribution in [2.45, 2.75) is 19.0 Å². The molecule has 2 aromatic rings. The number of benzene rings is 2. The van der Waals surface area contributed by atoms with Gasteiger partial charge in [-0.25, -0.2) is 27.3 Å². The molecule has 2 aliphatic rings. The number of nitrogens with zero attached hydrogens (tertiary/aromatic N) is 4. The SMILES string of the molecule is CCOC(=O)c1ccc(NC(=O)CN2N=N[C@@H]3C(=O)N(c4c(F)c(F)cc(F)c4F)C(=O)[C@@H]32)cc1. The van der Waals surface area contributed by atoms with E-state index in [1.165, 1.54) is 24.3 Å². The van der Waals surface area contributed by atoms with Crippen molar-refractivity contribution in [2.24, 2.45) is 10.3 Å². The first kappa shape index (κ1) is 23.8. The third kappa shape index (κ3) is 4.18. The topological polar surface area (TPSA) is 121 Å². The highest BCUT2D eigenvalue weighted by molar-refractivity contribution is 6.25. The highest BCUT2D eigenvalue weighted by atomic mass is 19.2. The van der Waals surface area contributed by atoms with Crippen LogP contribution in [0, 0.1) is 23.3 Å². The third-order valence-corrected chi connectivity index (χ3v) is 5.16. The van der Waals surface area contributed by atoms with Gasteiger partial charge in [-0.2, -0.15) is 5.11 Å². The number of anilines is 2.